The average molecular weight is 259 g/mol. The first-order valence-corrected chi connectivity index (χ1v) is 6.36. The number of amides is 2. The third kappa shape index (κ3) is 8.95. The number of methoxy groups -OCH3 is 1. The third-order valence-corrected chi connectivity index (χ3v) is 2.69. The van der Waals surface area contributed by atoms with Crippen molar-refractivity contribution in [1.82, 2.24) is 10.6 Å². The van der Waals surface area contributed by atoms with Crippen molar-refractivity contribution in [3.63, 3.8) is 0 Å². The van der Waals surface area contributed by atoms with Crippen LogP contribution >= 0.6 is 0 Å². The average Bonchev–Trinajstić information content (AvgIpc) is 2.36. The van der Waals surface area contributed by atoms with Gasteiger partial charge in [0, 0.05) is 33.0 Å². The smallest absolute Gasteiger partial charge is 0.221 e. The van der Waals surface area contributed by atoms with Crippen LogP contribution in [0.2, 0.25) is 0 Å². The van der Waals surface area contributed by atoms with E-state index in [4.69, 9.17) is 10.5 Å². The Morgan fingerprint density at radius 1 is 1.22 bits per heavy atom. The fourth-order valence-electron chi connectivity index (χ4n) is 1.43. The van der Waals surface area contributed by atoms with Crippen LogP contribution in [-0.4, -0.2) is 45.2 Å². The number of hydrogen-bond donors (Lipinski definition) is 3. The molecule has 4 N–H and O–H groups in total. The molecule has 0 saturated heterocycles. The Kier molecular flexibility index (Phi) is 10.3. The van der Waals surface area contributed by atoms with Crippen molar-refractivity contribution < 1.29 is 14.3 Å². The van der Waals surface area contributed by atoms with Crippen molar-refractivity contribution in [3.8, 4) is 0 Å². The van der Waals surface area contributed by atoms with E-state index >= 15 is 0 Å². The van der Waals surface area contributed by atoms with Crippen molar-refractivity contribution in [2.24, 2.45) is 11.7 Å². The lowest BCUT2D eigenvalue weighted by atomic mass is 10.0. The fourth-order valence-corrected chi connectivity index (χ4v) is 1.43. The molecule has 0 fully saturated rings. The van der Waals surface area contributed by atoms with Crippen LogP contribution in [-0.2, 0) is 14.3 Å². The molecule has 6 nitrogen and oxygen atoms in total. The number of nitrogens with one attached hydrogen (secondary N) is 2. The van der Waals surface area contributed by atoms with Crippen molar-refractivity contribution in [2.75, 3.05) is 33.4 Å². The van der Waals surface area contributed by atoms with E-state index in [0.717, 1.165) is 6.42 Å². The predicted molar refractivity (Wildman–Crippen MR) is 70.0 cm³/mol. The van der Waals surface area contributed by atoms with Crippen molar-refractivity contribution in [1.29, 1.82) is 0 Å². The Morgan fingerprint density at radius 2 is 1.89 bits per heavy atom. The van der Waals surface area contributed by atoms with Crippen LogP contribution in [0, 0.1) is 5.92 Å². The van der Waals surface area contributed by atoms with Gasteiger partial charge >= 0.3 is 0 Å². The molecule has 0 spiro atoms. The monoisotopic (exact) mass is 259 g/mol. The molecule has 0 radical (unpaired) electrons. The maximum absolute atomic E-state index is 11.5. The van der Waals surface area contributed by atoms with Crippen LogP contribution in [0.4, 0.5) is 0 Å². The Hall–Kier alpha value is -1.14. The zero-order chi connectivity index (χ0) is 13.8. The molecule has 0 heterocycles. The van der Waals surface area contributed by atoms with E-state index < -0.39 is 0 Å². The second-order valence-electron chi connectivity index (χ2n) is 4.16. The van der Waals surface area contributed by atoms with E-state index in [2.05, 4.69) is 10.6 Å². The van der Waals surface area contributed by atoms with Gasteiger partial charge in [-0.2, -0.15) is 0 Å². The van der Waals surface area contributed by atoms with Gasteiger partial charge in [0.05, 0.1) is 6.61 Å². The Balaban J connectivity index is 3.58. The normalized spacial score (nSPS) is 11.9. The van der Waals surface area contributed by atoms with E-state index in [1.165, 1.54) is 0 Å². The minimum atomic E-state index is -0.0850. The summed E-state index contributed by atoms with van der Waals surface area (Å²) >= 11 is 0. The lowest BCUT2D eigenvalue weighted by molar-refractivity contribution is -0.122. The van der Waals surface area contributed by atoms with Gasteiger partial charge in [0.1, 0.15) is 0 Å². The summed E-state index contributed by atoms with van der Waals surface area (Å²) in [6.07, 6.45) is 1.61. The lowest BCUT2D eigenvalue weighted by Crippen LogP contribution is -2.33. The van der Waals surface area contributed by atoms with E-state index in [9.17, 15) is 9.59 Å². The standard InChI is InChI=1S/C12H25N3O3/c1-3-10(9-13)8-12(17)14-5-4-11(16)15-6-7-18-2/h10H,3-9,13H2,1-2H3,(H,14,17)(H,15,16). The number of carbonyl (C=O) groups is 2. The summed E-state index contributed by atoms with van der Waals surface area (Å²) in [5, 5.41) is 5.40. The van der Waals surface area contributed by atoms with Gasteiger partial charge in [0.15, 0.2) is 0 Å². The highest BCUT2D eigenvalue weighted by molar-refractivity contribution is 5.79. The molecule has 6 heteroatoms. The molecule has 0 aromatic carbocycles. The number of nitrogens with two attached hydrogens (primary N) is 1. The van der Waals surface area contributed by atoms with E-state index in [1.807, 2.05) is 6.92 Å². The molecule has 18 heavy (non-hydrogen) atoms. The SMILES string of the molecule is CCC(CN)CC(=O)NCCC(=O)NCCOC. The van der Waals surface area contributed by atoms with Crippen molar-refractivity contribution >= 4 is 11.8 Å². The first-order valence-electron chi connectivity index (χ1n) is 6.36. The number of carbonyl (C=O) groups excluding carboxylic acids is 2. The molecule has 1 unspecified atom stereocenters. The molecule has 0 rings (SSSR count). The van der Waals surface area contributed by atoms with Gasteiger partial charge < -0.3 is 21.1 Å². The number of hydrogen-bond acceptors (Lipinski definition) is 4. The van der Waals surface area contributed by atoms with Gasteiger partial charge in [0.25, 0.3) is 0 Å². The maximum atomic E-state index is 11.5. The first-order chi connectivity index (χ1) is 8.63. The maximum Gasteiger partial charge on any atom is 0.221 e. The van der Waals surface area contributed by atoms with E-state index in [-0.39, 0.29) is 24.2 Å². The van der Waals surface area contributed by atoms with Crippen LogP contribution in [0.1, 0.15) is 26.2 Å². The Labute approximate surface area is 109 Å². The van der Waals surface area contributed by atoms with Crippen LogP contribution < -0.4 is 16.4 Å². The van der Waals surface area contributed by atoms with Gasteiger partial charge in [-0.05, 0) is 12.5 Å². The minimum absolute atomic E-state index is 0.0445. The summed E-state index contributed by atoms with van der Waals surface area (Å²) in [5.41, 5.74) is 5.52. The second kappa shape index (κ2) is 11.0. The molecule has 0 aliphatic heterocycles. The third-order valence-electron chi connectivity index (χ3n) is 2.69. The topological polar surface area (TPSA) is 93.5 Å². The van der Waals surface area contributed by atoms with Crippen molar-refractivity contribution in [3.05, 3.63) is 0 Å². The summed E-state index contributed by atoms with van der Waals surface area (Å²) in [4.78, 5) is 22.8. The highest BCUT2D eigenvalue weighted by Gasteiger charge is 2.10. The molecule has 2 amide bonds. The largest absolute Gasteiger partial charge is 0.383 e. The highest BCUT2D eigenvalue weighted by atomic mass is 16.5. The van der Waals surface area contributed by atoms with E-state index in [1.54, 1.807) is 7.11 Å². The predicted octanol–water partition coefficient (Wildman–Crippen LogP) is -0.370. The Bertz CT molecular complexity index is 243. The quantitative estimate of drug-likeness (QED) is 0.467. The minimum Gasteiger partial charge on any atom is -0.383 e. The molecular formula is C12H25N3O3. The van der Waals surface area contributed by atoms with Crippen LogP contribution in [0.15, 0.2) is 0 Å². The van der Waals surface area contributed by atoms with Crippen LogP contribution in [0.5, 0.6) is 0 Å². The molecular weight excluding hydrogens is 234 g/mol. The lowest BCUT2D eigenvalue weighted by Gasteiger charge is -2.11. The van der Waals surface area contributed by atoms with Gasteiger partial charge in [-0.25, -0.2) is 0 Å². The molecule has 0 aromatic rings. The fraction of sp³-hybridized carbons (Fsp3) is 0.833. The summed E-state index contributed by atoms with van der Waals surface area (Å²) in [7, 11) is 1.58. The van der Waals surface area contributed by atoms with Crippen LogP contribution in [0.3, 0.4) is 0 Å². The molecule has 0 aliphatic rings. The molecule has 0 bridgehead atoms. The molecule has 0 aliphatic carbocycles. The zero-order valence-corrected chi connectivity index (χ0v) is 11.3. The molecule has 0 aromatic heterocycles. The second-order valence-corrected chi connectivity index (χ2v) is 4.16. The van der Waals surface area contributed by atoms with Gasteiger partial charge in [-0.15, -0.1) is 0 Å². The van der Waals surface area contributed by atoms with Crippen molar-refractivity contribution in [2.45, 2.75) is 26.2 Å². The summed E-state index contributed by atoms with van der Waals surface area (Å²) in [5.74, 6) is 0.0933. The number of rotatable bonds is 10. The van der Waals surface area contributed by atoms with Gasteiger partial charge in [-0.1, -0.05) is 13.3 Å². The Morgan fingerprint density at radius 3 is 2.44 bits per heavy atom. The summed E-state index contributed by atoms with van der Waals surface area (Å²) in [6.45, 7) is 3.87. The number of ether oxygens (including phenoxy) is 1. The first kappa shape index (κ1) is 16.9. The molecule has 106 valence electrons. The summed E-state index contributed by atoms with van der Waals surface area (Å²) in [6, 6.07) is 0. The molecule has 1 atom stereocenters. The highest BCUT2D eigenvalue weighted by Crippen LogP contribution is 2.04. The van der Waals surface area contributed by atoms with Gasteiger partial charge in [0.2, 0.25) is 11.8 Å². The van der Waals surface area contributed by atoms with Crippen LogP contribution in [0.25, 0.3) is 0 Å². The zero-order valence-electron chi connectivity index (χ0n) is 11.3. The summed E-state index contributed by atoms with van der Waals surface area (Å²) < 4.78 is 4.81. The molecule has 0 saturated carbocycles. The van der Waals surface area contributed by atoms with Gasteiger partial charge in [-0.3, -0.25) is 9.59 Å². The van der Waals surface area contributed by atoms with E-state index in [0.29, 0.717) is 32.7 Å².